The lowest BCUT2D eigenvalue weighted by Gasteiger charge is -2.34. The average Bonchev–Trinajstić information content (AvgIpc) is 3.17. The van der Waals surface area contributed by atoms with Crippen LogP contribution in [-0.4, -0.2) is 21.8 Å². The highest BCUT2D eigenvalue weighted by molar-refractivity contribution is 6.53. The Morgan fingerprint density at radius 1 is 0.800 bits per heavy atom. The molecule has 0 fully saturated rings. The van der Waals surface area contributed by atoms with Crippen LogP contribution in [0.2, 0.25) is 0 Å². The second-order valence-electron chi connectivity index (χ2n) is 10.4. The molecule has 0 spiro atoms. The van der Waals surface area contributed by atoms with Gasteiger partial charge < -0.3 is 14.6 Å². The molecule has 0 aliphatic heterocycles. The summed E-state index contributed by atoms with van der Waals surface area (Å²) in [4.78, 5) is 26.9. The molecule has 0 saturated carbocycles. The number of phenolic OH excluding ortho intramolecular Hbond substituents is 2. The molecule has 0 bridgehead atoms. The normalized spacial score (nSPS) is 16.2. The molecular weight excluding hydrogens is 440 g/mol. The fraction of sp³-hybridized carbons (Fsp3) is 0.267. The van der Waals surface area contributed by atoms with Crippen LogP contribution >= 0.6 is 0 Å². The summed E-state index contributed by atoms with van der Waals surface area (Å²) >= 11 is 0. The van der Waals surface area contributed by atoms with Crippen LogP contribution in [0.15, 0.2) is 40.8 Å². The van der Waals surface area contributed by atoms with Gasteiger partial charge in [0.15, 0.2) is 0 Å². The van der Waals surface area contributed by atoms with Crippen molar-refractivity contribution in [3.63, 3.8) is 0 Å². The molecule has 0 saturated heterocycles. The highest BCUT2D eigenvalue weighted by Crippen LogP contribution is 2.51. The van der Waals surface area contributed by atoms with Crippen molar-refractivity contribution in [2.75, 3.05) is 0 Å². The Bertz CT molecular complexity index is 1620. The van der Waals surface area contributed by atoms with Gasteiger partial charge in [0.2, 0.25) is 11.6 Å². The van der Waals surface area contributed by atoms with E-state index in [0.717, 1.165) is 30.4 Å². The Labute approximate surface area is 203 Å². The fourth-order valence-electron chi connectivity index (χ4n) is 6.08. The van der Waals surface area contributed by atoms with Crippen molar-refractivity contribution in [1.82, 2.24) is 0 Å². The van der Waals surface area contributed by atoms with Crippen LogP contribution in [-0.2, 0) is 11.8 Å². The summed E-state index contributed by atoms with van der Waals surface area (Å²) in [5.74, 6) is -0.427. The van der Waals surface area contributed by atoms with Gasteiger partial charge in [0.1, 0.15) is 23.0 Å². The maximum Gasteiger partial charge on any atom is 0.237 e. The smallest absolute Gasteiger partial charge is 0.237 e. The number of hydrogen-bond acceptors (Lipinski definition) is 5. The zero-order valence-corrected chi connectivity index (χ0v) is 20.2. The molecule has 35 heavy (non-hydrogen) atoms. The third kappa shape index (κ3) is 2.75. The summed E-state index contributed by atoms with van der Waals surface area (Å²) in [5, 5.41) is 23.1. The van der Waals surface area contributed by atoms with Crippen molar-refractivity contribution < 1.29 is 24.2 Å². The van der Waals surface area contributed by atoms with E-state index in [0.29, 0.717) is 44.3 Å². The number of benzene rings is 3. The van der Waals surface area contributed by atoms with Gasteiger partial charge in [-0.2, -0.15) is 0 Å². The zero-order chi connectivity index (χ0) is 24.8. The summed E-state index contributed by atoms with van der Waals surface area (Å²) < 4.78 is 6.33. The molecule has 0 atom stereocenters. The second-order valence-corrected chi connectivity index (χ2v) is 10.4. The van der Waals surface area contributed by atoms with E-state index in [1.54, 1.807) is 38.1 Å². The third-order valence-corrected chi connectivity index (χ3v) is 7.95. The molecule has 0 unspecified atom stereocenters. The van der Waals surface area contributed by atoms with Gasteiger partial charge in [-0.25, -0.2) is 0 Å². The molecule has 1 heterocycles. The standard InChI is InChI=1S/C30H26O5/c1-14-21(25(32)17-9-6-5-8-16(17)24(14)31)28-15(2)22-26(33)27(34)23-18-10-7-13-30(3,4)20(18)12-11-19(23)29(22)35-28/h5-6,8-9,11-12,31-32H,7,10,13H2,1-4H3. The number of hydrogen-bond donors (Lipinski definition) is 2. The summed E-state index contributed by atoms with van der Waals surface area (Å²) in [5.41, 5.74) is 4.56. The molecule has 0 amide bonds. The van der Waals surface area contributed by atoms with Crippen LogP contribution in [0.3, 0.4) is 0 Å². The van der Waals surface area contributed by atoms with E-state index in [2.05, 4.69) is 19.9 Å². The number of aromatic hydroxyl groups is 2. The van der Waals surface area contributed by atoms with E-state index in [1.165, 1.54) is 0 Å². The van der Waals surface area contributed by atoms with E-state index in [4.69, 9.17) is 4.42 Å². The average molecular weight is 467 g/mol. The molecule has 5 heteroatoms. The van der Waals surface area contributed by atoms with Crippen molar-refractivity contribution in [3.05, 3.63) is 69.8 Å². The number of rotatable bonds is 1. The molecule has 3 aromatic carbocycles. The maximum atomic E-state index is 13.4. The summed E-state index contributed by atoms with van der Waals surface area (Å²) in [6, 6.07) is 11.0. The van der Waals surface area contributed by atoms with Crippen LogP contribution < -0.4 is 0 Å². The lowest BCUT2D eigenvalue weighted by molar-refractivity contribution is 0.0813. The van der Waals surface area contributed by atoms with Crippen LogP contribution in [0.25, 0.3) is 33.4 Å². The number of ketones is 2. The van der Waals surface area contributed by atoms with Crippen LogP contribution in [0.1, 0.15) is 69.7 Å². The van der Waals surface area contributed by atoms with E-state index >= 15 is 0 Å². The number of Topliss-reactive ketones (excluding diaryl/α,β-unsaturated/α-hetero) is 2. The first-order chi connectivity index (χ1) is 16.6. The van der Waals surface area contributed by atoms with Gasteiger partial charge in [-0.3, -0.25) is 9.59 Å². The van der Waals surface area contributed by atoms with Crippen LogP contribution in [0.5, 0.6) is 11.5 Å². The molecule has 1 aromatic heterocycles. The van der Waals surface area contributed by atoms with Crippen molar-refractivity contribution in [1.29, 1.82) is 0 Å². The van der Waals surface area contributed by atoms with Crippen LogP contribution in [0, 0.1) is 13.8 Å². The predicted octanol–water partition coefficient (Wildman–Crippen LogP) is 6.79. The number of carbonyl (C=O) groups is 2. The molecule has 6 rings (SSSR count). The van der Waals surface area contributed by atoms with E-state index in [-0.39, 0.29) is 28.2 Å². The monoisotopic (exact) mass is 466 g/mol. The first-order valence-corrected chi connectivity index (χ1v) is 12.0. The number of furan rings is 1. The Balaban J connectivity index is 1.65. The summed E-state index contributed by atoms with van der Waals surface area (Å²) in [6.45, 7) is 7.77. The maximum absolute atomic E-state index is 13.4. The Morgan fingerprint density at radius 3 is 2.17 bits per heavy atom. The van der Waals surface area contributed by atoms with Gasteiger partial charge in [-0.1, -0.05) is 50.2 Å². The third-order valence-electron chi connectivity index (χ3n) is 7.95. The van der Waals surface area contributed by atoms with Gasteiger partial charge in [0.05, 0.1) is 11.1 Å². The molecule has 2 N–H and O–H groups in total. The van der Waals surface area contributed by atoms with Crippen molar-refractivity contribution >= 4 is 22.3 Å². The second kappa shape index (κ2) is 7.08. The van der Waals surface area contributed by atoms with Gasteiger partial charge in [-0.15, -0.1) is 0 Å². The van der Waals surface area contributed by atoms with E-state index in [1.807, 2.05) is 6.07 Å². The molecule has 4 aromatic rings. The highest BCUT2D eigenvalue weighted by Gasteiger charge is 2.41. The van der Waals surface area contributed by atoms with Gasteiger partial charge >= 0.3 is 0 Å². The summed E-state index contributed by atoms with van der Waals surface area (Å²) in [7, 11) is 0. The SMILES string of the molecule is Cc1c(-c2c(C)c(O)c3ccccc3c2O)oc2c1C(=O)C(=O)c1c-2ccc2c1CCCC2(C)C. The first kappa shape index (κ1) is 21.7. The predicted molar refractivity (Wildman–Crippen MR) is 135 cm³/mol. The van der Waals surface area contributed by atoms with Gasteiger partial charge in [0.25, 0.3) is 0 Å². The Morgan fingerprint density at radius 2 is 1.46 bits per heavy atom. The lowest BCUT2D eigenvalue weighted by Crippen LogP contribution is -2.29. The minimum Gasteiger partial charge on any atom is -0.507 e. The largest absolute Gasteiger partial charge is 0.507 e. The molecule has 176 valence electrons. The highest BCUT2D eigenvalue weighted by atomic mass is 16.3. The molecule has 5 nitrogen and oxygen atoms in total. The number of carbonyl (C=O) groups excluding carboxylic acids is 2. The quantitative estimate of drug-likeness (QED) is 0.238. The van der Waals surface area contributed by atoms with Crippen molar-refractivity contribution in [3.8, 4) is 34.1 Å². The molecule has 2 aliphatic carbocycles. The molecule has 2 aliphatic rings. The lowest BCUT2D eigenvalue weighted by atomic mass is 9.69. The van der Waals surface area contributed by atoms with E-state index in [9.17, 15) is 19.8 Å². The fourth-order valence-corrected chi connectivity index (χ4v) is 6.08. The zero-order valence-electron chi connectivity index (χ0n) is 20.2. The van der Waals surface area contributed by atoms with Gasteiger partial charge in [-0.05, 0) is 49.7 Å². The number of fused-ring (bicyclic) bond motifs is 6. The minimum atomic E-state index is -0.584. The molecular formula is C30H26O5. The van der Waals surface area contributed by atoms with E-state index < -0.39 is 11.6 Å². The van der Waals surface area contributed by atoms with Crippen molar-refractivity contribution in [2.45, 2.75) is 52.4 Å². The molecule has 0 radical (unpaired) electrons. The van der Waals surface area contributed by atoms with Crippen molar-refractivity contribution in [2.24, 2.45) is 0 Å². The number of phenols is 2. The minimum absolute atomic E-state index is 0.0312. The Hall–Kier alpha value is -3.86. The van der Waals surface area contributed by atoms with Gasteiger partial charge in [0, 0.05) is 33.0 Å². The first-order valence-electron chi connectivity index (χ1n) is 12.0. The Kier molecular flexibility index (Phi) is 4.38. The summed E-state index contributed by atoms with van der Waals surface area (Å²) in [6.07, 6.45) is 2.73. The van der Waals surface area contributed by atoms with Crippen LogP contribution in [0.4, 0.5) is 0 Å². The topological polar surface area (TPSA) is 87.7 Å².